The highest BCUT2D eigenvalue weighted by Gasteiger charge is 2.18. The average Bonchev–Trinajstić information content (AvgIpc) is 2.94. The van der Waals surface area contributed by atoms with Crippen LogP contribution >= 0.6 is 11.6 Å². The van der Waals surface area contributed by atoms with Crippen LogP contribution in [0.1, 0.15) is 27.2 Å². The van der Waals surface area contributed by atoms with Gasteiger partial charge in [0.15, 0.2) is 11.5 Å². The molecule has 4 rings (SSSR count). The Morgan fingerprint density at radius 3 is 2.16 bits per heavy atom. The summed E-state index contributed by atoms with van der Waals surface area (Å²) >= 11 is 6.27. The van der Waals surface area contributed by atoms with Crippen molar-refractivity contribution in [3.63, 3.8) is 0 Å². The summed E-state index contributed by atoms with van der Waals surface area (Å²) in [7, 11) is 4.65. The summed E-state index contributed by atoms with van der Waals surface area (Å²) in [5, 5.41) is 10.3. The van der Waals surface area contributed by atoms with Crippen molar-refractivity contribution in [1.29, 1.82) is 0 Å². The number of aromatic carboxylic acids is 1. The van der Waals surface area contributed by atoms with Crippen LogP contribution in [0.25, 0.3) is 11.3 Å². The topological polar surface area (TPSA) is 87.1 Å². The van der Waals surface area contributed by atoms with Crippen LogP contribution in [0.2, 0.25) is 5.02 Å². The van der Waals surface area contributed by atoms with Gasteiger partial charge in [-0.05, 0) is 66.4 Å². The molecule has 0 fully saturated rings. The van der Waals surface area contributed by atoms with Crippen molar-refractivity contribution in [3.8, 4) is 34.3 Å². The zero-order valence-corrected chi connectivity index (χ0v) is 22.1. The highest BCUT2D eigenvalue weighted by molar-refractivity contribution is 6.30. The fraction of sp³-hybridized carbons (Fsp3) is 0.200. The van der Waals surface area contributed by atoms with Gasteiger partial charge in [-0.2, -0.15) is 0 Å². The Labute approximate surface area is 226 Å². The van der Waals surface area contributed by atoms with Crippen LogP contribution in [0.5, 0.6) is 23.0 Å². The lowest BCUT2D eigenvalue weighted by molar-refractivity contribution is 0.0695. The Kier molecular flexibility index (Phi) is 8.71. The first-order chi connectivity index (χ1) is 18.4. The molecule has 1 aromatic heterocycles. The summed E-state index contributed by atoms with van der Waals surface area (Å²) in [6.07, 6.45) is 0.882. The molecule has 1 N–H and O–H groups in total. The van der Waals surface area contributed by atoms with Crippen molar-refractivity contribution in [1.82, 2.24) is 4.98 Å². The van der Waals surface area contributed by atoms with E-state index in [1.54, 1.807) is 45.6 Å². The van der Waals surface area contributed by atoms with E-state index in [0.29, 0.717) is 58.9 Å². The van der Waals surface area contributed by atoms with Gasteiger partial charge in [0.2, 0.25) is 5.75 Å². The summed E-state index contributed by atoms with van der Waals surface area (Å²) in [6, 6.07) is 22.1. The van der Waals surface area contributed by atoms with Crippen LogP contribution < -0.4 is 18.9 Å². The van der Waals surface area contributed by atoms with Gasteiger partial charge in [-0.3, -0.25) is 4.98 Å². The number of carboxylic acid groups (broad SMARTS) is 1. The molecule has 0 bridgehead atoms. The Morgan fingerprint density at radius 1 is 0.816 bits per heavy atom. The van der Waals surface area contributed by atoms with E-state index in [2.05, 4.69) is 0 Å². The van der Waals surface area contributed by atoms with Crippen LogP contribution in [0.3, 0.4) is 0 Å². The second-order valence-electron chi connectivity index (χ2n) is 8.44. The quantitative estimate of drug-likeness (QED) is 0.236. The summed E-state index contributed by atoms with van der Waals surface area (Å²) in [4.78, 5) is 16.7. The number of ether oxygens (including phenoxy) is 4. The molecule has 0 aliphatic rings. The maximum atomic E-state index is 12.0. The number of carboxylic acids is 1. The van der Waals surface area contributed by atoms with E-state index in [-0.39, 0.29) is 5.56 Å². The summed E-state index contributed by atoms with van der Waals surface area (Å²) in [5.41, 5.74) is 3.81. The molecule has 0 spiro atoms. The largest absolute Gasteiger partial charge is 0.493 e. The third kappa shape index (κ3) is 6.18. The van der Waals surface area contributed by atoms with Gasteiger partial charge in [-0.25, -0.2) is 4.79 Å². The van der Waals surface area contributed by atoms with Crippen LogP contribution in [-0.4, -0.2) is 37.4 Å². The number of methoxy groups -OCH3 is 3. The molecule has 196 valence electrons. The number of nitrogens with zero attached hydrogens (tertiary/aromatic N) is 1. The molecule has 4 aromatic rings. The zero-order valence-electron chi connectivity index (χ0n) is 21.4. The van der Waals surface area contributed by atoms with Gasteiger partial charge in [0.1, 0.15) is 12.4 Å². The van der Waals surface area contributed by atoms with Gasteiger partial charge in [-0.15, -0.1) is 0 Å². The first-order valence-corrected chi connectivity index (χ1v) is 12.3. The predicted octanol–water partition coefficient (Wildman–Crippen LogP) is 6.49. The Hall–Kier alpha value is -4.23. The lowest BCUT2D eigenvalue weighted by atomic mass is 10.0. The molecule has 1 heterocycles. The monoisotopic (exact) mass is 533 g/mol. The number of hydrogen-bond donors (Lipinski definition) is 1. The molecular formula is C30H28ClNO6. The number of rotatable bonds is 11. The van der Waals surface area contributed by atoms with Crippen molar-refractivity contribution in [2.24, 2.45) is 0 Å². The normalized spacial score (nSPS) is 10.6. The van der Waals surface area contributed by atoms with Crippen LogP contribution in [0.15, 0.2) is 72.8 Å². The van der Waals surface area contributed by atoms with E-state index in [4.69, 9.17) is 35.5 Å². The van der Waals surface area contributed by atoms with Gasteiger partial charge >= 0.3 is 5.97 Å². The Bertz CT molecular complexity index is 1400. The van der Waals surface area contributed by atoms with Crippen LogP contribution in [0.4, 0.5) is 0 Å². The van der Waals surface area contributed by atoms with Crippen molar-refractivity contribution >= 4 is 17.6 Å². The first kappa shape index (κ1) is 26.8. The lowest BCUT2D eigenvalue weighted by Gasteiger charge is -2.15. The highest BCUT2D eigenvalue weighted by atomic mass is 35.5. The van der Waals surface area contributed by atoms with Crippen molar-refractivity contribution in [2.75, 3.05) is 21.3 Å². The Morgan fingerprint density at radius 2 is 1.53 bits per heavy atom. The molecule has 3 aromatic carbocycles. The van der Waals surface area contributed by atoms with Gasteiger partial charge in [-0.1, -0.05) is 41.9 Å². The summed E-state index contributed by atoms with van der Waals surface area (Å²) in [5.74, 6) is 1.08. The van der Waals surface area contributed by atoms with Crippen LogP contribution in [0, 0.1) is 0 Å². The SMILES string of the molecule is COc1cc(CCc2nc(-c3ccc(Cl)cc3OCc3ccccc3)ccc2C(=O)O)cc(OC)c1OC. The summed E-state index contributed by atoms with van der Waals surface area (Å²) in [6.45, 7) is 0.357. The second-order valence-corrected chi connectivity index (χ2v) is 8.88. The number of hydrogen-bond acceptors (Lipinski definition) is 6. The number of benzene rings is 3. The third-order valence-electron chi connectivity index (χ3n) is 6.04. The number of aryl methyl sites for hydroxylation is 2. The second kappa shape index (κ2) is 12.3. The van der Waals surface area contributed by atoms with E-state index in [1.165, 1.54) is 0 Å². The van der Waals surface area contributed by atoms with Crippen LogP contribution in [-0.2, 0) is 19.4 Å². The standard InChI is InChI=1S/C30H28ClNO6/c1-35-27-15-20(16-28(36-2)29(27)37-3)9-13-25-23(30(33)34)12-14-24(32-25)22-11-10-21(31)17-26(22)38-18-19-7-5-4-6-8-19/h4-8,10-12,14-17H,9,13,18H2,1-3H3,(H,33,34). The molecule has 0 saturated carbocycles. The van der Waals surface area contributed by atoms with E-state index in [1.807, 2.05) is 48.5 Å². The van der Waals surface area contributed by atoms with E-state index >= 15 is 0 Å². The van der Waals surface area contributed by atoms with Crippen molar-refractivity contribution < 1.29 is 28.8 Å². The van der Waals surface area contributed by atoms with E-state index in [9.17, 15) is 9.90 Å². The van der Waals surface area contributed by atoms with Crippen molar-refractivity contribution in [3.05, 3.63) is 100 Å². The fourth-order valence-electron chi connectivity index (χ4n) is 4.14. The molecule has 7 nitrogen and oxygen atoms in total. The Balaban J connectivity index is 1.65. The molecular weight excluding hydrogens is 506 g/mol. The first-order valence-electron chi connectivity index (χ1n) is 11.9. The maximum absolute atomic E-state index is 12.0. The highest BCUT2D eigenvalue weighted by Crippen LogP contribution is 2.38. The number of halogens is 1. The molecule has 0 saturated heterocycles. The van der Waals surface area contributed by atoms with E-state index < -0.39 is 5.97 Å². The molecule has 0 atom stereocenters. The van der Waals surface area contributed by atoms with Gasteiger partial charge in [0.05, 0.1) is 38.3 Å². The minimum atomic E-state index is -1.04. The minimum Gasteiger partial charge on any atom is -0.493 e. The molecule has 38 heavy (non-hydrogen) atoms. The minimum absolute atomic E-state index is 0.141. The molecule has 0 unspecified atom stereocenters. The maximum Gasteiger partial charge on any atom is 0.337 e. The summed E-state index contributed by atoms with van der Waals surface area (Å²) < 4.78 is 22.4. The molecule has 0 aliphatic carbocycles. The molecule has 0 aliphatic heterocycles. The number of carbonyl (C=O) groups is 1. The van der Waals surface area contributed by atoms with Crippen molar-refractivity contribution in [2.45, 2.75) is 19.4 Å². The molecule has 0 amide bonds. The van der Waals surface area contributed by atoms with Gasteiger partial charge in [0, 0.05) is 10.6 Å². The predicted molar refractivity (Wildman–Crippen MR) is 146 cm³/mol. The fourth-order valence-corrected chi connectivity index (χ4v) is 4.30. The smallest absolute Gasteiger partial charge is 0.337 e. The average molecular weight is 534 g/mol. The third-order valence-corrected chi connectivity index (χ3v) is 6.27. The molecule has 0 radical (unpaired) electrons. The number of pyridine rings is 1. The van der Waals surface area contributed by atoms with Gasteiger partial charge < -0.3 is 24.1 Å². The zero-order chi connectivity index (χ0) is 27.1. The van der Waals surface area contributed by atoms with Gasteiger partial charge in [0.25, 0.3) is 0 Å². The lowest BCUT2D eigenvalue weighted by Crippen LogP contribution is -2.08. The molecule has 8 heteroatoms. The van der Waals surface area contributed by atoms with E-state index in [0.717, 1.165) is 16.7 Å². The number of aromatic nitrogens is 1.